The second-order valence-electron chi connectivity index (χ2n) is 2.94. The predicted octanol–water partition coefficient (Wildman–Crippen LogP) is 1.61. The summed E-state index contributed by atoms with van der Waals surface area (Å²) >= 11 is 1.39. The van der Waals surface area contributed by atoms with Gasteiger partial charge in [0.05, 0.1) is 4.88 Å². The van der Waals surface area contributed by atoms with E-state index in [9.17, 15) is 4.79 Å². The van der Waals surface area contributed by atoms with Crippen molar-refractivity contribution in [1.29, 1.82) is 0 Å². The van der Waals surface area contributed by atoms with Crippen LogP contribution in [0.25, 0.3) is 4.96 Å². The summed E-state index contributed by atoms with van der Waals surface area (Å²) in [6.07, 6.45) is 0. The lowest BCUT2D eigenvalue weighted by Crippen LogP contribution is -1.95. The van der Waals surface area contributed by atoms with Crippen LogP contribution in [-0.4, -0.2) is 20.4 Å². The normalized spacial score (nSPS) is 11.0. The molecule has 13 heavy (non-hydrogen) atoms. The molecule has 2 aromatic rings. The minimum atomic E-state index is 0.0902. The van der Waals surface area contributed by atoms with E-state index in [4.69, 9.17) is 0 Å². The highest BCUT2D eigenvalue weighted by Gasteiger charge is 2.14. The third kappa shape index (κ3) is 1.07. The van der Waals surface area contributed by atoms with Crippen molar-refractivity contribution in [3.05, 3.63) is 16.4 Å². The molecular formula is C8H9N3OS. The first-order valence-electron chi connectivity index (χ1n) is 3.93. The van der Waals surface area contributed by atoms with Crippen molar-refractivity contribution in [3.8, 4) is 0 Å². The third-order valence-corrected chi connectivity index (χ3v) is 3.21. The zero-order valence-electron chi connectivity index (χ0n) is 7.66. The van der Waals surface area contributed by atoms with Crippen molar-refractivity contribution in [2.75, 3.05) is 0 Å². The van der Waals surface area contributed by atoms with Gasteiger partial charge < -0.3 is 0 Å². The van der Waals surface area contributed by atoms with Gasteiger partial charge in [0.2, 0.25) is 4.96 Å². The number of carbonyl (C=O) groups is 1. The molecule has 0 saturated heterocycles. The minimum absolute atomic E-state index is 0.0902. The molecule has 0 spiro atoms. The average molecular weight is 195 g/mol. The van der Waals surface area contributed by atoms with Crippen LogP contribution < -0.4 is 0 Å². The Kier molecular flexibility index (Phi) is 1.69. The molecule has 0 fully saturated rings. The SMILES string of the molecule is CC(=O)c1sc2nnc(C)n2c1C. The molecule has 0 radical (unpaired) electrons. The number of rotatable bonds is 1. The molecule has 0 unspecified atom stereocenters. The molecule has 0 bridgehead atoms. The fraction of sp³-hybridized carbons (Fsp3) is 0.375. The Balaban J connectivity index is 2.82. The van der Waals surface area contributed by atoms with E-state index in [2.05, 4.69) is 10.2 Å². The smallest absolute Gasteiger partial charge is 0.217 e. The summed E-state index contributed by atoms with van der Waals surface area (Å²) in [5.41, 5.74) is 0.940. The van der Waals surface area contributed by atoms with Gasteiger partial charge in [0.15, 0.2) is 5.78 Å². The number of aromatic nitrogens is 3. The van der Waals surface area contributed by atoms with Gasteiger partial charge in [0.25, 0.3) is 0 Å². The molecule has 2 aromatic heterocycles. The van der Waals surface area contributed by atoms with Crippen molar-refractivity contribution in [2.45, 2.75) is 20.8 Å². The third-order valence-electron chi connectivity index (χ3n) is 1.97. The lowest BCUT2D eigenvalue weighted by Gasteiger charge is -1.93. The molecule has 2 rings (SSSR count). The summed E-state index contributed by atoms with van der Waals surface area (Å²) < 4.78 is 1.90. The van der Waals surface area contributed by atoms with Gasteiger partial charge in [-0.3, -0.25) is 9.20 Å². The zero-order valence-corrected chi connectivity index (χ0v) is 8.47. The number of aryl methyl sites for hydroxylation is 2. The maximum atomic E-state index is 11.2. The van der Waals surface area contributed by atoms with Gasteiger partial charge in [-0.05, 0) is 13.8 Å². The van der Waals surface area contributed by atoms with Gasteiger partial charge in [-0.2, -0.15) is 0 Å². The summed E-state index contributed by atoms with van der Waals surface area (Å²) in [5, 5.41) is 7.89. The summed E-state index contributed by atoms with van der Waals surface area (Å²) in [4.78, 5) is 12.8. The van der Waals surface area contributed by atoms with Crippen LogP contribution in [0.15, 0.2) is 0 Å². The molecule has 68 valence electrons. The quantitative estimate of drug-likeness (QED) is 0.649. The molecular weight excluding hydrogens is 186 g/mol. The van der Waals surface area contributed by atoms with E-state index >= 15 is 0 Å². The number of carbonyl (C=O) groups excluding carboxylic acids is 1. The van der Waals surface area contributed by atoms with Gasteiger partial charge in [-0.1, -0.05) is 11.3 Å². The first-order valence-corrected chi connectivity index (χ1v) is 4.75. The largest absolute Gasteiger partial charge is 0.294 e. The van der Waals surface area contributed by atoms with Crippen LogP contribution in [0.2, 0.25) is 0 Å². The Morgan fingerprint density at radius 2 is 2.08 bits per heavy atom. The van der Waals surface area contributed by atoms with Crippen LogP contribution in [0, 0.1) is 13.8 Å². The topological polar surface area (TPSA) is 47.3 Å². The van der Waals surface area contributed by atoms with Crippen molar-refractivity contribution in [2.24, 2.45) is 0 Å². The zero-order chi connectivity index (χ0) is 9.59. The number of nitrogens with zero attached hydrogens (tertiary/aromatic N) is 3. The van der Waals surface area contributed by atoms with Gasteiger partial charge >= 0.3 is 0 Å². The molecule has 0 saturated carbocycles. The summed E-state index contributed by atoms with van der Waals surface area (Å²) in [7, 11) is 0. The maximum Gasteiger partial charge on any atom is 0.217 e. The maximum absolute atomic E-state index is 11.2. The minimum Gasteiger partial charge on any atom is -0.294 e. The number of thiazole rings is 1. The van der Waals surface area contributed by atoms with Crippen LogP contribution in [0.3, 0.4) is 0 Å². The lowest BCUT2D eigenvalue weighted by molar-refractivity contribution is 0.102. The molecule has 5 heteroatoms. The van der Waals surface area contributed by atoms with E-state index in [1.54, 1.807) is 6.92 Å². The van der Waals surface area contributed by atoms with E-state index in [1.165, 1.54) is 11.3 Å². The fourth-order valence-electron chi connectivity index (χ4n) is 1.39. The van der Waals surface area contributed by atoms with Crippen LogP contribution in [0.1, 0.15) is 28.1 Å². The number of hydrogen-bond donors (Lipinski definition) is 0. The van der Waals surface area contributed by atoms with E-state index in [0.29, 0.717) is 0 Å². The van der Waals surface area contributed by atoms with Crippen molar-refractivity contribution < 1.29 is 4.79 Å². The molecule has 0 aliphatic carbocycles. The highest BCUT2D eigenvalue weighted by Crippen LogP contribution is 2.22. The molecule has 2 heterocycles. The van der Waals surface area contributed by atoms with Crippen molar-refractivity contribution in [1.82, 2.24) is 14.6 Å². The monoisotopic (exact) mass is 195 g/mol. The Morgan fingerprint density at radius 3 is 2.62 bits per heavy atom. The molecule has 0 atom stereocenters. The Labute approximate surface area is 79.2 Å². The summed E-state index contributed by atoms with van der Waals surface area (Å²) in [6.45, 7) is 5.36. The number of Topliss-reactive ketones (excluding diaryl/α,β-unsaturated/α-hetero) is 1. The van der Waals surface area contributed by atoms with E-state index in [1.807, 2.05) is 18.2 Å². The molecule has 0 N–H and O–H groups in total. The van der Waals surface area contributed by atoms with E-state index in [-0.39, 0.29) is 5.78 Å². The fourth-order valence-corrected chi connectivity index (χ4v) is 2.40. The molecule has 0 amide bonds. The molecule has 0 aliphatic rings. The van der Waals surface area contributed by atoms with Gasteiger partial charge in [0, 0.05) is 12.6 Å². The Hall–Kier alpha value is -1.23. The summed E-state index contributed by atoms with van der Waals surface area (Å²) in [6, 6.07) is 0. The number of fused-ring (bicyclic) bond motifs is 1. The van der Waals surface area contributed by atoms with Gasteiger partial charge in [-0.25, -0.2) is 0 Å². The second-order valence-corrected chi connectivity index (χ2v) is 3.92. The number of ketones is 1. The lowest BCUT2D eigenvalue weighted by atomic mass is 10.3. The Morgan fingerprint density at radius 1 is 1.38 bits per heavy atom. The first-order chi connectivity index (χ1) is 6.11. The van der Waals surface area contributed by atoms with Crippen molar-refractivity contribution >= 4 is 22.1 Å². The second kappa shape index (κ2) is 2.63. The Bertz CT molecular complexity index is 483. The van der Waals surface area contributed by atoms with E-state index < -0.39 is 0 Å². The molecule has 0 aliphatic heterocycles. The van der Waals surface area contributed by atoms with Gasteiger partial charge in [-0.15, -0.1) is 10.2 Å². The van der Waals surface area contributed by atoms with E-state index in [0.717, 1.165) is 21.4 Å². The van der Waals surface area contributed by atoms with Gasteiger partial charge in [0.1, 0.15) is 5.82 Å². The average Bonchev–Trinajstić information content (AvgIpc) is 2.55. The van der Waals surface area contributed by atoms with Crippen LogP contribution in [-0.2, 0) is 0 Å². The molecule has 0 aromatic carbocycles. The first kappa shape index (κ1) is 8.37. The van der Waals surface area contributed by atoms with Crippen LogP contribution in [0.5, 0.6) is 0 Å². The highest BCUT2D eigenvalue weighted by molar-refractivity contribution is 7.19. The molecule has 4 nitrogen and oxygen atoms in total. The highest BCUT2D eigenvalue weighted by atomic mass is 32.1. The standard InChI is InChI=1S/C8H9N3OS/c1-4-7(5(2)12)13-8-10-9-6(3)11(4)8/h1-3H3. The van der Waals surface area contributed by atoms with Crippen LogP contribution in [0.4, 0.5) is 0 Å². The summed E-state index contributed by atoms with van der Waals surface area (Å²) in [5.74, 6) is 0.920. The predicted molar refractivity (Wildman–Crippen MR) is 50.3 cm³/mol. The van der Waals surface area contributed by atoms with Crippen molar-refractivity contribution in [3.63, 3.8) is 0 Å². The van der Waals surface area contributed by atoms with Crippen LogP contribution >= 0.6 is 11.3 Å². The number of hydrogen-bond acceptors (Lipinski definition) is 4.